The number of hydrogen-bond acceptors (Lipinski definition) is 19. The van der Waals surface area contributed by atoms with Crippen LogP contribution in [-0.4, -0.2) is 87.2 Å². The van der Waals surface area contributed by atoms with Gasteiger partial charge in [0.1, 0.15) is 18.3 Å². The molecule has 7 unspecified atom stereocenters. The number of hydrogen-bond donors (Lipinski definition) is 9. The summed E-state index contributed by atoms with van der Waals surface area (Å²) in [7, 11) is -36.9. The molecule has 29 nitrogen and oxygen atoms in total. The Kier molecular flexibility index (Phi) is 19.8. The number of nitrogens with zero attached hydrogens (tertiary/aromatic N) is 4. The van der Waals surface area contributed by atoms with E-state index >= 15 is 0 Å². The van der Waals surface area contributed by atoms with E-state index in [0.717, 1.165) is 44.7 Å². The van der Waals surface area contributed by atoms with Gasteiger partial charge in [0.2, 0.25) is 0 Å². The van der Waals surface area contributed by atoms with Crippen LogP contribution >= 0.6 is 46.9 Å². The van der Waals surface area contributed by atoms with Crippen molar-refractivity contribution in [2.45, 2.75) is 89.3 Å². The lowest BCUT2D eigenvalue weighted by Gasteiger charge is -2.21. The third-order valence-electron chi connectivity index (χ3n) is 6.91. The maximum atomic E-state index is 12.3. The number of nitrogens with one attached hydrogen (secondary N) is 1. The van der Waals surface area contributed by atoms with Crippen LogP contribution in [0.25, 0.3) is 10.4 Å². The molecule has 0 amide bonds. The number of azide groups is 1. The van der Waals surface area contributed by atoms with Crippen LogP contribution in [0.3, 0.4) is 0 Å². The zero-order chi connectivity index (χ0) is 42.6. The first-order valence-corrected chi connectivity index (χ1v) is 24.8. The highest BCUT2D eigenvalue weighted by molar-refractivity contribution is 7.72. The van der Waals surface area contributed by atoms with E-state index in [9.17, 15) is 76.6 Å². The van der Waals surface area contributed by atoms with Crippen LogP contribution in [0, 0.1) is 6.92 Å². The fourth-order valence-corrected chi connectivity index (χ4v) is 12.4. The molecule has 0 saturated carbocycles. The van der Waals surface area contributed by atoms with Gasteiger partial charge in [0.05, 0.1) is 13.2 Å². The largest absolute Gasteiger partial charge is 0.490 e. The van der Waals surface area contributed by atoms with Crippen molar-refractivity contribution in [1.82, 2.24) is 9.55 Å². The van der Waals surface area contributed by atoms with Crippen LogP contribution in [0.4, 0.5) is 0 Å². The highest BCUT2D eigenvalue weighted by Crippen LogP contribution is 2.75. The van der Waals surface area contributed by atoms with Gasteiger partial charge < -0.3 is 44.3 Å². The van der Waals surface area contributed by atoms with Gasteiger partial charge >= 0.3 is 52.6 Å². The monoisotopic (exact) mass is 933 g/mol. The Labute approximate surface area is 315 Å². The van der Waals surface area contributed by atoms with Gasteiger partial charge in [-0.15, -0.1) is 0 Å². The average Bonchev–Trinajstić information content (AvgIpc) is 3.29. The third-order valence-corrected chi connectivity index (χ3v) is 16.1. The second-order valence-corrected chi connectivity index (χ2v) is 20.9. The second kappa shape index (κ2) is 21.8. The van der Waals surface area contributed by atoms with E-state index < -0.39 is 95.9 Å². The van der Waals surface area contributed by atoms with Crippen LogP contribution in [0.2, 0.25) is 0 Å². The SMILES string of the molecule is Cc1cn([C@@H]2O[C@H](COP(=O)(O)OP(=O)(O)OP(=O)(O)OP(=O)(O)OP(=O)(O)OP(=O)(O)OCCCCCCCCCCCN=[N+]=[N-])[C@H](O)C2O)c(=O)[nH]c1=O. The summed E-state index contributed by atoms with van der Waals surface area (Å²) in [5.41, 5.74) is 6.31. The van der Waals surface area contributed by atoms with Crippen LogP contribution in [0.5, 0.6) is 0 Å². The maximum Gasteiger partial charge on any atom is 0.490 e. The molecule has 1 fully saturated rings. The predicted molar refractivity (Wildman–Crippen MR) is 184 cm³/mol. The summed E-state index contributed by atoms with van der Waals surface area (Å²) in [5.74, 6) is 0. The molecule has 1 aliphatic rings. The third kappa shape index (κ3) is 18.8. The molecule has 1 aromatic rings. The van der Waals surface area contributed by atoms with Gasteiger partial charge in [-0.1, -0.05) is 50.1 Å². The first-order valence-electron chi connectivity index (χ1n) is 15.9. The molecular formula is C21H41N5O24P6. The Balaban J connectivity index is 1.83. The first-order chi connectivity index (χ1) is 25.7. The van der Waals surface area contributed by atoms with Gasteiger partial charge in [-0.3, -0.25) is 23.4 Å². The van der Waals surface area contributed by atoms with Gasteiger partial charge in [-0.25, -0.2) is 32.2 Å². The van der Waals surface area contributed by atoms with Crippen molar-refractivity contribution < 1.29 is 102 Å². The molecule has 1 aliphatic heterocycles. The maximum absolute atomic E-state index is 12.3. The van der Waals surface area contributed by atoms with E-state index in [1.165, 1.54) is 6.92 Å². The first kappa shape index (κ1) is 50.9. The zero-order valence-corrected chi connectivity index (χ0v) is 34.3. The average molecular weight is 933 g/mol. The van der Waals surface area contributed by atoms with E-state index in [4.69, 9.17) is 10.3 Å². The summed E-state index contributed by atoms with van der Waals surface area (Å²) in [5, 5.41) is 23.9. The molecule has 0 aliphatic carbocycles. The molecule has 0 aromatic carbocycles. The van der Waals surface area contributed by atoms with Crippen LogP contribution in [0.15, 0.2) is 20.9 Å². The topological polar surface area (TPSA) is 442 Å². The van der Waals surface area contributed by atoms with Gasteiger partial charge in [0.15, 0.2) is 6.23 Å². The number of phosphoric ester groups is 2. The molecule has 9 N–H and O–H groups in total. The Morgan fingerprint density at radius 2 is 1.14 bits per heavy atom. The molecule has 0 spiro atoms. The molecule has 0 bridgehead atoms. The Morgan fingerprint density at radius 1 is 0.714 bits per heavy atom. The number of rotatable bonds is 27. The van der Waals surface area contributed by atoms with Gasteiger partial charge in [0, 0.05) is 23.2 Å². The van der Waals surface area contributed by atoms with Crippen molar-refractivity contribution in [3.63, 3.8) is 0 Å². The van der Waals surface area contributed by atoms with Gasteiger partial charge in [-0.05, 0) is 25.3 Å². The minimum Gasteiger partial charge on any atom is -0.387 e. The lowest BCUT2D eigenvalue weighted by molar-refractivity contribution is -0.0543. The molecule has 1 saturated heterocycles. The molecule has 35 heteroatoms. The van der Waals surface area contributed by atoms with Crippen molar-refractivity contribution in [3.8, 4) is 0 Å². The van der Waals surface area contributed by atoms with E-state index in [1.807, 2.05) is 4.98 Å². The molecule has 56 heavy (non-hydrogen) atoms. The van der Waals surface area contributed by atoms with Gasteiger partial charge in [-0.2, -0.15) is 21.6 Å². The normalized spacial score (nSPS) is 25.1. The number of unbranched alkanes of at least 4 members (excludes halogenated alkanes) is 8. The van der Waals surface area contributed by atoms with Crippen molar-refractivity contribution >= 4 is 46.9 Å². The van der Waals surface area contributed by atoms with Gasteiger partial charge in [0.25, 0.3) is 5.56 Å². The van der Waals surface area contributed by atoms with E-state index in [-0.39, 0.29) is 12.0 Å². The highest BCUT2D eigenvalue weighted by atomic mass is 31.3. The molecular weight excluding hydrogens is 892 g/mol. The number of aryl methyl sites for hydroxylation is 1. The Hall–Kier alpha value is -1.27. The summed E-state index contributed by atoms with van der Waals surface area (Å²) in [6.45, 7) is -0.0517. The lowest BCUT2D eigenvalue weighted by atomic mass is 10.1. The standard InChI is InChI=1S/C21H41N5O24P6/c1-15-13-26(21(30)24-19(15)29)20-18(28)17(27)16(45-20)14-44-52(33,34)47-54(37,38)49-56(41,42)50-55(39,40)48-53(35,36)46-51(31,32)43-12-10-8-6-4-2-3-5-7-9-11-23-25-22/h13,16-18,20,27-28H,2-12,14H2,1H3,(H,31,32)(H,33,34)(H,35,36)(H,37,38)(H,39,40)(H,41,42)(H,24,29,30)/t16-,17+,18?,20-/m1/s1. The quantitative estimate of drug-likeness (QED) is 0.0201. The number of aromatic amines is 1. The fraction of sp³-hybridized carbons (Fsp3) is 0.810. The number of aromatic nitrogens is 2. The Bertz CT molecular complexity index is 1940. The summed E-state index contributed by atoms with van der Waals surface area (Å²) in [4.78, 5) is 86.4. The molecule has 2 heterocycles. The van der Waals surface area contributed by atoms with E-state index in [2.05, 4.69) is 40.6 Å². The summed E-state index contributed by atoms with van der Waals surface area (Å²) >= 11 is 0. The number of aliphatic hydroxyl groups is 2. The smallest absolute Gasteiger partial charge is 0.387 e. The van der Waals surface area contributed by atoms with Crippen LogP contribution in [-0.2, 0) is 62.7 Å². The van der Waals surface area contributed by atoms with Crippen LogP contribution < -0.4 is 11.2 Å². The summed E-state index contributed by atoms with van der Waals surface area (Å²) in [6.07, 6.45) is 0.228. The molecule has 1 aromatic heterocycles. The molecule has 0 radical (unpaired) electrons. The molecule has 2 rings (SSSR count). The highest BCUT2D eigenvalue weighted by Gasteiger charge is 2.50. The summed E-state index contributed by atoms with van der Waals surface area (Å²) in [6, 6.07) is 0. The summed E-state index contributed by atoms with van der Waals surface area (Å²) < 4.78 is 106. The Morgan fingerprint density at radius 3 is 1.62 bits per heavy atom. The minimum absolute atomic E-state index is 0.0244. The van der Waals surface area contributed by atoms with Crippen molar-refractivity contribution in [3.05, 3.63) is 43.0 Å². The lowest BCUT2D eigenvalue weighted by Crippen LogP contribution is -2.38. The van der Waals surface area contributed by atoms with E-state index in [0.29, 0.717) is 24.0 Å². The van der Waals surface area contributed by atoms with Crippen molar-refractivity contribution in [2.75, 3.05) is 19.8 Å². The predicted octanol–water partition coefficient (Wildman–Crippen LogP) is 3.00. The number of aliphatic hydroxyl groups excluding tert-OH is 2. The number of H-pyrrole nitrogens is 1. The number of phosphoric acid groups is 6. The minimum atomic E-state index is -6.50. The van der Waals surface area contributed by atoms with E-state index in [1.54, 1.807) is 0 Å². The number of ether oxygens (including phenoxy) is 1. The fourth-order valence-electron chi connectivity index (χ4n) is 4.54. The van der Waals surface area contributed by atoms with Crippen molar-refractivity contribution in [1.29, 1.82) is 0 Å². The molecule has 324 valence electrons. The zero-order valence-electron chi connectivity index (χ0n) is 29.0. The second-order valence-electron chi connectivity index (χ2n) is 11.5. The molecule has 10 atom stereocenters. The van der Waals surface area contributed by atoms with Crippen molar-refractivity contribution in [2.24, 2.45) is 5.11 Å². The van der Waals surface area contributed by atoms with Crippen LogP contribution in [0.1, 0.15) is 69.6 Å².